The standard InChI is InChI=1S/C43H27N3O2/c1-2-10-26(11-3-1)31-23-35(40-34-15-7-9-17-37(34)48-39(40)25-31)43-45-41(29-19-18-27-12-4-5-13-28(27)22-29)44-42(46-43)30-20-21-33-32-14-6-8-16-36(32)47-38(33)24-30/h1-25,39-40H. The molecule has 2 aliphatic rings. The Morgan fingerprint density at radius 3 is 2.08 bits per heavy atom. The zero-order valence-corrected chi connectivity index (χ0v) is 25.7. The number of allylic oxidation sites excluding steroid dienone is 2. The van der Waals surface area contributed by atoms with E-state index in [0.717, 1.165) is 66.5 Å². The summed E-state index contributed by atoms with van der Waals surface area (Å²) in [5, 5.41) is 4.45. The minimum absolute atomic E-state index is 0.0637. The molecule has 0 radical (unpaired) electrons. The Balaban J connectivity index is 1.20. The lowest BCUT2D eigenvalue weighted by molar-refractivity contribution is 0.272. The molecule has 2 unspecified atom stereocenters. The van der Waals surface area contributed by atoms with E-state index in [1.807, 2.05) is 42.5 Å². The van der Waals surface area contributed by atoms with Crippen molar-refractivity contribution in [2.24, 2.45) is 0 Å². The van der Waals surface area contributed by atoms with E-state index in [1.165, 1.54) is 5.39 Å². The molecule has 5 nitrogen and oxygen atoms in total. The second kappa shape index (κ2) is 10.6. The topological polar surface area (TPSA) is 61.0 Å². The van der Waals surface area contributed by atoms with Crippen LogP contribution in [0.5, 0.6) is 5.75 Å². The quantitative estimate of drug-likeness (QED) is 0.197. The van der Waals surface area contributed by atoms with Crippen LogP contribution in [-0.2, 0) is 0 Å². The van der Waals surface area contributed by atoms with Gasteiger partial charge in [0.05, 0.1) is 5.92 Å². The number of rotatable bonds is 4. The summed E-state index contributed by atoms with van der Waals surface area (Å²) in [5.74, 6) is 2.66. The van der Waals surface area contributed by atoms with E-state index < -0.39 is 0 Å². The molecule has 0 bridgehead atoms. The predicted octanol–water partition coefficient (Wildman–Crippen LogP) is 10.3. The lowest BCUT2D eigenvalue weighted by atomic mass is 9.81. The maximum atomic E-state index is 6.57. The Morgan fingerprint density at radius 1 is 0.500 bits per heavy atom. The Hall–Kier alpha value is -6.33. The van der Waals surface area contributed by atoms with Crippen molar-refractivity contribution in [1.82, 2.24) is 15.0 Å². The van der Waals surface area contributed by atoms with Gasteiger partial charge in [0.15, 0.2) is 17.5 Å². The first-order valence-electron chi connectivity index (χ1n) is 16.2. The number of fused-ring (bicyclic) bond motifs is 7. The first kappa shape index (κ1) is 26.8. The molecule has 10 rings (SSSR count). The highest BCUT2D eigenvalue weighted by Gasteiger charge is 2.40. The van der Waals surface area contributed by atoms with Crippen molar-refractivity contribution < 1.29 is 9.15 Å². The molecular formula is C43H27N3O2. The van der Waals surface area contributed by atoms with Crippen LogP contribution in [0.15, 0.2) is 156 Å². The largest absolute Gasteiger partial charge is 0.485 e. The minimum Gasteiger partial charge on any atom is -0.485 e. The highest BCUT2D eigenvalue weighted by molar-refractivity contribution is 6.05. The van der Waals surface area contributed by atoms with E-state index in [0.29, 0.717) is 17.5 Å². The van der Waals surface area contributed by atoms with E-state index >= 15 is 0 Å². The normalized spacial score (nSPS) is 16.8. The Morgan fingerprint density at radius 2 is 1.19 bits per heavy atom. The van der Waals surface area contributed by atoms with Crippen molar-refractivity contribution >= 4 is 43.9 Å². The summed E-state index contributed by atoms with van der Waals surface area (Å²) in [6.07, 6.45) is 4.27. The van der Waals surface area contributed by atoms with Crippen LogP contribution in [0.1, 0.15) is 22.9 Å². The van der Waals surface area contributed by atoms with Crippen LogP contribution in [0, 0.1) is 0 Å². The smallest absolute Gasteiger partial charge is 0.164 e. The van der Waals surface area contributed by atoms with Gasteiger partial charge < -0.3 is 9.15 Å². The van der Waals surface area contributed by atoms with Gasteiger partial charge in [0.1, 0.15) is 23.0 Å². The van der Waals surface area contributed by atoms with Gasteiger partial charge in [-0.05, 0) is 64.4 Å². The van der Waals surface area contributed by atoms with E-state index in [2.05, 4.69) is 109 Å². The fraction of sp³-hybridized carbons (Fsp3) is 0.0465. The molecule has 5 heteroatoms. The highest BCUT2D eigenvalue weighted by atomic mass is 16.5. The van der Waals surface area contributed by atoms with Gasteiger partial charge in [0, 0.05) is 33.0 Å². The molecule has 6 aromatic carbocycles. The number of aromatic nitrogens is 3. The fourth-order valence-corrected chi connectivity index (χ4v) is 7.16. The van der Waals surface area contributed by atoms with Gasteiger partial charge in [-0.15, -0.1) is 0 Å². The molecule has 1 aliphatic heterocycles. The first-order chi connectivity index (χ1) is 23.7. The maximum absolute atomic E-state index is 6.57. The van der Waals surface area contributed by atoms with Crippen LogP contribution in [-0.4, -0.2) is 21.1 Å². The Kier molecular flexibility index (Phi) is 5.93. The van der Waals surface area contributed by atoms with E-state index in [4.69, 9.17) is 24.1 Å². The van der Waals surface area contributed by atoms with Crippen molar-refractivity contribution in [3.05, 3.63) is 169 Å². The lowest BCUT2D eigenvalue weighted by Crippen LogP contribution is -2.22. The molecule has 2 atom stereocenters. The lowest BCUT2D eigenvalue weighted by Gasteiger charge is -2.25. The van der Waals surface area contributed by atoms with Crippen molar-refractivity contribution in [2.45, 2.75) is 12.0 Å². The number of ether oxygens (including phenoxy) is 1. The second-order valence-corrected chi connectivity index (χ2v) is 12.4. The summed E-state index contributed by atoms with van der Waals surface area (Å²) in [4.78, 5) is 15.6. The molecule has 0 amide bonds. The molecule has 3 heterocycles. The number of para-hydroxylation sites is 2. The molecule has 2 aromatic heterocycles. The number of hydrogen-bond donors (Lipinski definition) is 0. The molecule has 8 aromatic rings. The number of benzene rings is 6. The average Bonchev–Trinajstić information content (AvgIpc) is 3.72. The number of nitrogens with zero attached hydrogens (tertiary/aromatic N) is 3. The van der Waals surface area contributed by atoms with Gasteiger partial charge in [0.2, 0.25) is 0 Å². The first-order valence-corrected chi connectivity index (χ1v) is 16.2. The van der Waals surface area contributed by atoms with Gasteiger partial charge in [-0.25, -0.2) is 15.0 Å². The maximum Gasteiger partial charge on any atom is 0.164 e. The average molecular weight is 618 g/mol. The molecule has 0 saturated heterocycles. The molecule has 0 saturated carbocycles. The molecular weight excluding hydrogens is 590 g/mol. The van der Waals surface area contributed by atoms with E-state index in [-0.39, 0.29) is 12.0 Å². The summed E-state index contributed by atoms with van der Waals surface area (Å²) in [5.41, 5.74) is 7.78. The zero-order valence-electron chi connectivity index (χ0n) is 25.7. The Bertz CT molecular complexity index is 2620. The van der Waals surface area contributed by atoms with Crippen LogP contribution in [0.25, 0.3) is 66.6 Å². The molecule has 0 spiro atoms. The SMILES string of the molecule is C1=C(c2ccccc2)C=C(c2nc(-c3ccc4ccccc4c3)nc(-c3ccc4c(c3)oc3ccccc34)n2)C2c3ccccc3OC12. The summed E-state index contributed by atoms with van der Waals surface area (Å²) in [6.45, 7) is 0. The van der Waals surface area contributed by atoms with Crippen LogP contribution >= 0.6 is 0 Å². The zero-order chi connectivity index (χ0) is 31.6. The van der Waals surface area contributed by atoms with Crippen LogP contribution < -0.4 is 4.74 Å². The molecule has 0 N–H and O–H groups in total. The third kappa shape index (κ3) is 4.36. The summed E-state index contributed by atoms with van der Waals surface area (Å²) in [6, 6.07) is 47.8. The van der Waals surface area contributed by atoms with Gasteiger partial charge >= 0.3 is 0 Å². The minimum atomic E-state index is -0.186. The third-order valence-electron chi connectivity index (χ3n) is 9.48. The number of hydrogen-bond acceptors (Lipinski definition) is 5. The summed E-state index contributed by atoms with van der Waals surface area (Å²) < 4.78 is 12.8. The van der Waals surface area contributed by atoms with Crippen molar-refractivity contribution in [3.8, 4) is 28.5 Å². The predicted molar refractivity (Wildman–Crippen MR) is 191 cm³/mol. The van der Waals surface area contributed by atoms with Crippen molar-refractivity contribution in [1.29, 1.82) is 0 Å². The second-order valence-electron chi connectivity index (χ2n) is 12.4. The third-order valence-corrected chi connectivity index (χ3v) is 9.48. The van der Waals surface area contributed by atoms with Crippen LogP contribution in [0.2, 0.25) is 0 Å². The fourth-order valence-electron chi connectivity index (χ4n) is 7.16. The van der Waals surface area contributed by atoms with Crippen LogP contribution in [0.4, 0.5) is 0 Å². The van der Waals surface area contributed by atoms with Crippen molar-refractivity contribution in [3.63, 3.8) is 0 Å². The highest BCUT2D eigenvalue weighted by Crippen LogP contribution is 2.49. The summed E-state index contributed by atoms with van der Waals surface area (Å²) >= 11 is 0. The molecule has 226 valence electrons. The van der Waals surface area contributed by atoms with E-state index in [9.17, 15) is 0 Å². The molecule has 48 heavy (non-hydrogen) atoms. The monoisotopic (exact) mass is 617 g/mol. The van der Waals surface area contributed by atoms with Gasteiger partial charge in [-0.1, -0.05) is 109 Å². The van der Waals surface area contributed by atoms with Gasteiger partial charge in [-0.3, -0.25) is 0 Å². The van der Waals surface area contributed by atoms with Gasteiger partial charge in [0.25, 0.3) is 0 Å². The molecule has 0 fully saturated rings. The summed E-state index contributed by atoms with van der Waals surface area (Å²) in [7, 11) is 0. The van der Waals surface area contributed by atoms with Crippen molar-refractivity contribution in [2.75, 3.05) is 0 Å². The number of furan rings is 1. The molecule has 1 aliphatic carbocycles. The van der Waals surface area contributed by atoms with Crippen LogP contribution in [0.3, 0.4) is 0 Å². The Labute approximate surface area is 276 Å². The van der Waals surface area contributed by atoms with E-state index in [1.54, 1.807) is 0 Å². The van der Waals surface area contributed by atoms with Gasteiger partial charge in [-0.2, -0.15) is 0 Å².